The van der Waals surface area contributed by atoms with Gasteiger partial charge >= 0.3 is 0 Å². The van der Waals surface area contributed by atoms with Crippen molar-refractivity contribution < 1.29 is 14.0 Å². The summed E-state index contributed by atoms with van der Waals surface area (Å²) in [7, 11) is 0. The molecular weight excluding hydrogens is 387 g/mol. The number of anilines is 2. The predicted octanol–water partition coefficient (Wildman–Crippen LogP) is 1.85. The first-order valence-electron chi connectivity index (χ1n) is 11.2. The van der Waals surface area contributed by atoms with E-state index in [1.807, 2.05) is 0 Å². The second-order valence-corrected chi connectivity index (χ2v) is 8.68. The molecule has 3 fully saturated rings. The molecule has 1 saturated carbocycles. The Morgan fingerprint density at radius 3 is 2.57 bits per heavy atom. The van der Waals surface area contributed by atoms with Crippen LogP contribution in [0, 0.1) is 11.7 Å². The van der Waals surface area contributed by atoms with Crippen LogP contribution < -0.4 is 16.0 Å². The van der Waals surface area contributed by atoms with Crippen LogP contribution in [-0.4, -0.2) is 58.4 Å². The Balaban J connectivity index is 1.43. The van der Waals surface area contributed by atoms with Gasteiger partial charge in [-0.25, -0.2) is 9.97 Å². The van der Waals surface area contributed by atoms with E-state index in [0.717, 1.165) is 25.7 Å². The number of nitrogen functional groups attached to an aromatic ring is 1. The minimum absolute atomic E-state index is 0.0140. The van der Waals surface area contributed by atoms with Crippen molar-refractivity contribution in [2.24, 2.45) is 5.92 Å². The van der Waals surface area contributed by atoms with Gasteiger partial charge in [0, 0.05) is 13.1 Å². The summed E-state index contributed by atoms with van der Waals surface area (Å²) < 4.78 is 14.4. The summed E-state index contributed by atoms with van der Waals surface area (Å²) in [5.41, 5.74) is 5.55. The molecule has 3 N–H and O–H groups in total. The third-order valence-corrected chi connectivity index (χ3v) is 6.69. The molecule has 0 spiro atoms. The van der Waals surface area contributed by atoms with Crippen LogP contribution in [0.25, 0.3) is 0 Å². The maximum Gasteiger partial charge on any atom is 0.251 e. The molecule has 164 valence electrons. The third kappa shape index (κ3) is 4.26. The number of carbonyl (C=O) groups excluding carboxylic acids is 2. The summed E-state index contributed by atoms with van der Waals surface area (Å²) in [5.74, 6) is -0.840. The van der Waals surface area contributed by atoms with Crippen LogP contribution in [0.4, 0.5) is 16.0 Å². The number of rotatable bonds is 5. The van der Waals surface area contributed by atoms with E-state index in [1.54, 1.807) is 4.90 Å². The summed E-state index contributed by atoms with van der Waals surface area (Å²) in [4.78, 5) is 36.9. The molecule has 3 aliphatic rings. The average molecular weight is 419 g/mol. The second kappa shape index (κ2) is 9.24. The van der Waals surface area contributed by atoms with Crippen LogP contribution in [0.2, 0.25) is 0 Å². The van der Waals surface area contributed by atoms with Gasteiger partial charge in [-0.3, -0.25) is 14.5 Å². The van der Waals surface area contributed by atoms with E-state index >= 15 is 0 Å². The van der Waals surface area contributed by atoms with Gasteiger partial charge in [-0.05, 0) is 51.0 Å². The van der Waals surface area contributed by atoms with Gasteiger partial charge in [0.1, 0.15) is 12.4 Å². The normalized spacial score (nSPS) is 26.3. The Kier molecular flexibility index (Phi) is 6.46. The Morgan fingerprint density at radius 2 is 1.77 bits per heavy atom. The fraction of sp³-hybridized carbons (Fsp3) is 0.714. The van der Waals surface area contributed by atoms with Gasteiger partial charge in [-0.1, -0.05) is 19.3 Å². The number of nitrogens with one attached hydrogen (secondary N) is 1. The molecule has 9 heteroatoms. The number of nitrogens with two attached hydrogens (primary N) is 1. The van der Waals surface area contributed by atoms with Crippen molar-refractivity contribution in [1.82, 2.24) is 20.2 Å². The zero-order chi connectivity index (χ0) is 21.1. The molecule has 30 heavy (non-hydrogen) atoms. The van der Waals surface area contributed by atoms with Crippen molar-refractivity contribution in [2.45, 2.75) is 69.9 Å². The first-order valence-corrected chi connectivity index (χ1v) is 11.2. The molecule has 2 saturated heterocycles. The van der Waals surface area contributed by atoms with E-state index in [9.17, 15) is 14.0 Å². The van der Waals surface area contributed by atoms with E-state index in [0.29, 0.717) is 31.8 Å². The number of hydrogen-bond acceptors (Lipinski definition) is 6. The zero-order valence-electron chi connectivity index (χ0n) is 17.4. The number of hydrogen-bond donors (Lipinski definition) is 2. The number of aromatic nitrogens is 2. The van der Waals surface area contributed by atoms with Crippen LogP contribution in [0.15, 0.2) is 6.33 Å². The Bertz CT molecular complexity index is 785. The lowest BCUT2D eigenvalue weighted by Gasteiger charge is -2.42. The summed E-state index contributed by atoms with van der Waals surface area (Å²) in [6.45, 7) is 1.77. The number of carbonyl (C=O) groups is 2. The van der Waals surface area contributed by atoms with Crippen LogP contribution in [0.1, 0.15) is 57.8 Å². The SMILES string of the molecule is Nc1ncnc(N2CCC[C@@H](N3CCCC(NCC4CCCCC4)C3=O)C2=O)c1F. The largest absolute Gasteiger partial charge is 0.381 e. The lowest BCUT2D eigenvalue weighted by Crippen LogP contribution is -2.60. The van der Waals surface area contributed by atoms with Crippen molar-refractivity contribution in [3.05, 3.63) is 12.1 Å². The first-order chi connectivity index (χ1) is 14.6. The molecule has 1 aliphatic carbocycles. The lowest BCUT2D eigenvalue weighted by atomic mass is 9.89. The molecule has 0 bridgehead atoms. The van der Waals surface area contributed by atoms with Crippen molar-refractivity contribution in [3.63, 3.8) is 0 Å². The van der Waals surface area contributed by atoms with E-state index < -0.39 is 11.9 Å². The molecule has 2 amide bonds. The van der Waals surface area contributed by atoms with Crippen LogP contribution in [0.5, 0.6) is 0 Å². The molecule has 1 aromatic heterocycles. The second-order valence-electron chi connectivity index (χ2n) is 8.68. The van der Waals surface area contributed by atoms with Crippen LogP contribution in [-0.2, 0) is 9.59 Å². The van der Waals surface area contributed by atoms with E-state index in [4.69, 9.17) is 5.73 Å². The fourth-order valence-electron chi connectivity index (χ4n) is 5.02. The topological polar surface area (TPSA) is 104 Å². The fourth-order valence-corrected chi connectivity index (χ4v) is 5.02. The minimum Gasteiger partial charge on any atom is -0.381 e. The number of piperidine rings is 2. The maximum atomic E-state index is 14.4. The highest BCUT2D eigenvalue weighted by molar-refractivity contribution is 6.00. The van der Waals surface area contributed by atoms with E-state index in [1.165, 1.54) is 37.0 Å². The lowest BCUT2D eigenvalue weighted by molar-refractivity contribution is -0.144. The first kappa shape index (κ1) is 21.0. The summed E-state index contributed by atoms with van der Waals surface area (Å²) >= 11 is 0. The number of nitrogens with zero attached hydrogens (tertiary/aromatic N) is 4. The van der Waals surface area contributed by atoms with Gasteiger partial charge in [0.25, 0.3) is 5.91 Å². The van der Waals surface area contributed by atoms with Gasteiger partial charge < -0.3 is 16.0 Å². The molecule has 2 atom stereocenters. The van der Waals surface area contributed by atoms with Crippen molar-refractivity contribution in [2.75, 3.05) is 30.3 Å². The van der Waals surface area contributed by atoms with Crippen molar-refractivity contribution >= 4 is 23.5 Å². The monoisotopic (exact) mass is 418 g/mol. The number of likely N-dealkylation sites (tertiary alicyclic amines) is 1. The summed E-state index contributed by atoms with van der Waals surface area (Å²) in [6.07, 6.45) is 10.4. The van der Waals surface area contributed by atoms with E-state index in [2.05, 4.69) is 15.3 Å². The van der Waals surface area contributed by atoms with Gasteiger partial charge in [0.05, 0.1) is 6.04 Å². The van der Waals surface area contributed by atoms with Gasteiger partial charge in [0.15, 0.2) is 11.6 Å². The van der Waals surface area contributed by atoms with Gasteiger partial charge in [-0.15, -0.1) is 0 Å². The number of amides is 2. The molecule has 4 rings (SSSR count). The Hall–Kier alpha value is -2.29. The summed E-state index contributed by atoms with van der Waals surface area (Å²) in [6, 6.07) is -0.823. The number of halogens is 1. The smallest absolute Gasteiger partial charge is 0.251 e. The Morgan fingerprint density at radius 1 is 1.00 bits per heavy atom. The quantitative estimate of drug-likeness (QED) is 0.756. The molecule has 0 aromatic carbocycles. The highest BCUT2D eigenvalue weighted by atomic mass is 19.1. The zero-order valence-corrected chi connectivity index (χ0v) is 17.4. The summed E-state index contributed by atoms with van der Waals surface area (Å²) in [5, 5.41) is 3.47. The van der Waals surface area contributed by atoms with Crippen molar-refractivity contribution in [3.8, 4) is 0 Å². The van der Waals surface area contributed by atoms with Crippen LogP contribution in [0.3, 0.4) is 0 Å². The standard InChI is InChI=1S/C21H31FN6O2/c22-17-18(23)25-13-26-19(17)28-11-5-9-16(21(28)30)27-10-4-8-15(20(27)29)24-12-14-6-2-1-3-7-14/h13-16,24H,1-12H2,(H2,23,25,26)/t15?,16-/m1/s1. The molecule has 1 unspecified atom stereocenters. The molecule has 3 heterocycles. The van der Waals surface area contributed by atoms with Crippen molar-refractivity contribution in [1.29, 1.82) is 0 Å². The maximum absolute atomic E-state index is 14.4. The molecule has 8 nitrogen and oxygen atoms in total. The van der Waals surface area contributed by atoms with Crippen LogP contribution >= 0.6 is 0 Å². The third-order valence-electron chi connectivity index (χ3n) is 6.69. The predicted molar refractivity (Wildman–Crippen MR) is 111 cm³/mol. The molecule has 1 aromatic rings. The highest BCUT2D eigenvalue weighted by Crippen LogP contribution is 2.28. The Labute approximate surface area is 176 Å². The molecule has 2 aliphatic heterocycles. The van der Waals surface area contributed by atoms with Gasteiger partial charge in [-0.2, -0.15) is 4.39 Å². The average Bonchev–Trinajstić information content (AvgIpc) is 2.76. The minimum atomic E-state index is -0.788. The molecule has 0 radical (unpaired) electrons. The van der Waals surface area contributed by atoms with Gasteiger partial charge in [0.2, 0.25) is 11.7 Å². The highest BCUT2D eigenvalue weighted by Gasteiger charge is 2.41. The molecular formula is C21H31FN6O2. The van der Waals surface area contributed by atoms with E-state index in [-0.39, 0.29) is 29.5 Å².